The van der Waals surface area contributed by atoms with Crippen molar-refractivity contribution in [3.8, 4) is 0 Å². The Kier molecular flexibility index (Phi) is 11.2. The summed E-state index contributed by atoms with van der Waals surface area (Å²) in [6, 6.07) is 9.40. The summed E-state index contributed by atoms with van der Waals surface area (Å²) in [5, 5.41) is 19.2. The van der Waals surface area contributed by atoms with Crippen LogP contribution in [0.3, 0.4) is 0 Å². The van der Waals surface area contributed by atoms with E-state index in [9.17, 15) is 14.7 Å². The van der Waals surface area contributed by atoms with E-state index in [2.05, 4.69) is 16.0 Å². The lowest BCUT2D eigenvalue weighted by atomic mass is 9.92. The molecule has 0 aromatic heterocycles. The van der Waals surface area contributed by atoms with Crippen LogP contribution in [-0.2, 0) is 30.3 Å². The smallest absolute Gasteiger partial charge is 0.252 e. The van der Waals surface area contributed by atoms with Crippen LogP contribution in [0.25, 0.3) is 0 Å². The summed E-state index contributed by atoms with van der Waals surface area (Å²) < 4.78 is 17.0. The molecule has 0 aliphatic carbocycles. The van der Waals surface area contributed by atoms with Crippen molar-refractivity contribution >= 4 is 11.8 Å². The van der Waals surface area contributed by atoms with E-state index >= 15 is 0 Å². The maximum atomic E-state index is 12.8. The molecule has 9 heteroatoms. The van der Waals surface area contributed by atoms with Crippen molar-refractivity contribution < 1.29 is 28.9 Å². The predicted molar refractivity (Wildman–Crippen MR) is 124 cm³/mol. The maximum Gasteiger partial charge on any atom is 0.252 e. The number of benzene rings is 1. The first-order valence-electron chi connectivity index (χ1n) is 11.5. The van der Waals surface area contributed by atoms with Gasteiger partial charge in [-0.05, 0) is 18.5 Å². The van der Waals surface area contributed by atoms with Crippen LogP contribution in [0.5, 0.6) is 0 Å². The quantitative estimate of drug-likeness (QED) is 0.337. The second-order valence-corrected chi connectivity index (χ2v) is 8.47. The van der Waals surface area contributed by atoms with Crippen molar-refractivity contribution in [3.05, 3.63) is 35.9 Å². The summed E-state index contributed by atoms with van der Waals surface area (Å²) in [5.74, 6) is -0.371. The Bertz CT molecular complexity index is 734. The number of hydrogen-bond donors (Lipinski definition) is 4. The third-order valence-corrected chi connectivity index (χ3v) is 6.32. The van der Waals surface area contributed by atoms with Gasteiger partial charge in [0.2, 0.25) is 5.91 Å². The SMILES string of the molecule is CC[C@H](C)C(NC)[C@H](O)CC(=O)NCC1OC(C(=O)NCc2ccccc2)[C@@H](OC)[C@@H]1OC. The van der Waals surface area contributed by atoms with Crippen molar-refractivity contribution in [1.82, 2.24) is 16.0 Å². The molecular weight excluding hydrogens is 426 g/mol. The van der Waals surface area contributed by atoms with E-state index in [1.54, 1.807) is 7.05 Å². The Morgan fingerprint density at radius 1 is 1.12 bits per heavy atom. The fraction of sp³-hybridized carbons (Fsp3) is 0.667. The summed E-state index contributed by atoms with van der Waals surface area (Å²) >= 11 is 0. The van der Waals surface area contributed by atoms with Gasteiger partial charge in [-0.25, -0.2) is 0 Å². The average Bonchev–Trinajstić information content (AvgIpc) is 3.19. The number of rotatable bonds is 13. The molecule has 4 N–H and O–H groups in total. The number of carbonyl (C=O) groups is 2. The molecule has 1 aliphatic heterocycles. The molecule has 2 rings (SSSR count). The van der Waals surface area contributed by atoms with E-state index in [-0.39, 0.29) is 36.7 Å². The van der Waals surface area contributed by atoms with E-state index in [1.165, 1.54) is 14.2 Å². The van der Waals surface area contributed by atoms with Gasteiger partial charge in [0.15, 0.2) is 6.10 Å². The van der Waals surface area contributed by atoms with Gasteiger partial charge in [0, 0.05) is 33.4 Å². The van der Waals surface area contributed by atoms with Crippen LogP contribution in [0.2, 0.25) is 0 Å². The molecule has 0 spiro atoms. The Hall–Kier alpha value is -2.04. The van der Waals surface area contributed by atoms with Crippen LogP contribution < -0.4 is 16.0 Å². The molecule has 1 aromatic carbocycles. The molecule has 0 saturated carbocycles. The minimum atomic E-state index is -0.866. The van der Waals surface area contributed by atoms with Gasteiger partial charge in [-0.15, -0.1) is 0 Å². The summed E-state index contributed by atoms with van der Waals surface area (Å²) in [6.07, 6.45) is -2.53. The molecule has 1 aromatic rings. The molecule has 1 aliphatic rings. The van der Waals surface area contributed by atoms with E-state index in [0.29, 0.717) is 6.54 Å². The molecule has 3 unspecified atom stereocenters. The van der Waals surface area contributed by atoms with Crippen LogP contribution in [0.4, 0.5) is 0 Å². The summed E-state index contributed by atoms with van der Waals surface area (Å²) in [6.45, 7) is 4.59. The number of aliphatic hydroxyl groups is 1. The molecule has 0 bridgehead atoms. The second-order valence-electron chi connectivity index (χ2n) is 8.47. The monoisotopic (exact) mass is 465 g/mol. The van der Waals surface area contributed by atoms with Crippen LogP contribution >= 0.6 is 0 Å². The molecule has 33 heavy (non-hydrogen) atoms. The highest BCUT2D eigenvalue weighted by molar-refractivity contribution is 5.82. The minimum Gasteiger partial charge on any atom is -0.391 e. The number of carbonyl (C=O) groups excluding carboxylic acids is 2. The minimum absolute atomic E-state index is 0.0328. The predicted octanol–water partition coefficient (Wildman–Crippen LogP) is 0.602. The van der Waals surface area contributed by atoms with Gasteiger partial charge in [0.1, 0.15) is 18.3 Å². The highest BCUT2D eigenvalue weighted by Crippen LogP contribution is 2.26. The lowest BCUT2D eigenvalue weighted by molar-refractivity contribution is -0.137. The van der Waals surface area contributed by atoms with Crippen molar-refractivity contribution in [2.75, 3.05) is 27.8 Å². The van der Waals surface area contributed by atoms with Gasteiger partial charge >= 0.3 is 0 Å². The molecule has 1 heterocycles. The third kappa shape index (κ3) is 7.48. The first kappa shape index (κ1) is 27.2. The molecule has 9 nitrogen and oxygen atoms in total. The number of ether oxygens (including phenoxy) is 3. The second kappa shape index (κ2) is 13.6. The normalized spacial score (nSPS) is 25.3. The molecule has 1 saturated heterocycles. The van der Waals surface area contributed by atoms with Crippen molar-refractivity contribution in [2.45, 2.75) is 69.8 Å². The molecular formula is C24H39N3O6. The van der Waals surface area contributed by atoms with Gasteiger partial charge in [-0.1, -0.05) is 50.6 Å². The first-order valence-corrected chi connectivity index (χ1v) is 11.5. The van der Waals surface area contributed by atoms with Crippen LogP contribution in [-0.4, -0.2) is 81.3 Å². The highest BCUT2D eigenvalue weighted by Gasteiger charge is 2.48. The van der Waals surface area contributed by atoms with Gasteiger partial charge in [-0.2, -0.15) is 0 Å². The summed E-state index contributed by atoms with van der Waals surface area (Å²) in [7, 11) is 4.80. The molecule has 7 atom stereocenters. The van der Waals surface area contributed by atoms with Crippen molar-refractivity contribution in [1.29, 1.82) is 0 Å². The Morgan fingerprint density at radius 3 is 2.36 bits per heavy atom. The number of nitrogens with one attached hydrogen (secondary N) is 3. The fourth-order valence-corrected chi connectivity index (χ4v) is 4.25. The first-order chi connectivity index (χ1) is 15.9. The molecule has 2 amide bonds. The lowest BCUT2D eigenvalue weighted by Gasteiger charge is -2.27. The third-order valence-electron chi connectivity index (χ3n) is 6.32. The van der Waals surface area contributed by atoms with Gasteiger partial charge in [-0.3, -0.25) is 9.59 Å². The Morgan fingerprint density at radius 2 is 1.79 bits per heavy atom. The number of methoxy groups -OCH3 is 2. The molecule has 1 fully saturated rings. The zero-order valence-electron chi connectivity index (χ0n) is 20.2. The van der Waals surface area contributed by atoms with Gasteiger partial charge < -0.3 is 35.3 Å². The topological polar surface area (TPSA) is 118 Å². The molecule has 186 valence electrons. The average molecular weight is 466 g/mol. The standard InChI is InChI=1S/C24H39N3O6/c1-6-15(2)20(25-3)17(28)12-19(29)26-14-18-21(31-4)22(32-5)23(33-18)24(30)27-13-16-10-8-7-9-11-16/h7-11,15,17-18,20-23,25,28H,6,12-14H2,1-5H3,(H,26,29)(H,27,30)/t15-,17+,18?,20?,21+,22-,23?/m0/s1. The maximum absolute atomic E-state index is 12.8. The van der Waals surface area contributed by atoms with Crippen LogP contribution in [0, 0.1) is 5.92 Å². The number of amides is 2. The van der Waals surface area contributed by atoms with Crippen molar-refractivity contribution in [2.24, 2.45) is 5.92 Å². The fourth-order valence-electron chi connectivity index (χ4n) is 4.25. The van der Waals surface area contributed by atoms with Gasteiger partial charge in [0.05, 0.1) is 12.5 Å². The highest BCUT2D eigenvalue weighted by atomic mass is 16.6. The summed E-state index contributed by atoms with van der Waals surface area (Å²) in [4.78, 5) is 25.2. The summed E-state index contributed by atoms with van der Waals surface area (Å²) in [5.41, 5.74) is 0.973. The molecule has 0 radical (unpaired) electrons. The zero-order chi connectivity index (χ0) is 24.4. The van der Waals surface area contributed by atoms with E-state index in [4.69, 9.17) is 14.2 Å². The van der Waals surface area contributed by atoms with Crippen LogP contribution in [0.15, 0.2) is 30.3 Å². The van der Waals surface area contributed by atoms with Gasteiger partial charge in [0.25, 0.3) is 5.91 Å². The Labute approximate surface area is 196 Å². The zero-order valence-corrected chi connectivity index (χ0v) is 20.2. The van der Waals surface area contributed by atoms with Crippen LogP contribution in [0.1, 0.15) is 32.3 Å². The lowest BCUT2D eigenvalue weighted by Crippen LogP contribution is -2.46. The van der Waals surface area contributed by atoms with E-state index in [1.807, 2.05) is 44.2 Å². The van der Waals surface area contributed by atoms with E-state index in [0.717, 1.165) is 12.0 Å². The number of aliphatic hydroxyl groups excluding tert-OH is 1. The Balaban J connectivity index is 1.92. The van der Waals surface area contributed by atoms with E-state index < -0.39 is 30.5 Å². The number of hydrogen-bond acceptors (Lipinski definition) is 7. The largest absolute Gasteiger partial charge is 0.391 e. The number of likely N-dealkylation sites (N-methyl/N-ethyl adjacent to an activating group) is 1. The van der Waals surface area contributed by atoms with Crippen molar-refractivity contribution in [3.63, 3.8) is 0 Å².